The fourth-order valence-electron chi connectivity index (χ4n) is 2.19. The van der Waals surface area contributed by atoms with Gasteiger partial charge in [0.15, 0.2) is 18.2 Å². The zero-order valence-electron chi connectivity index (χ0n) is 13.6. The van der Waals surface area contributed by atoms with Crippen molar-refractivity contribution in [2.45, 2.75) is 13.0 Å². The summed E-state index contributed by atoms with van der Waals surface area (Å²) in [5.74, 6) is 0.223. The van der Waals surface area contributed by atoms with Crippen LogP contribution in [0, 0.1) is 0 Å². The SMILES string of the molecule is CCOC(=O)C(N=Nc1ccc(-c2cnco2)cc1)c1ccncc1. The average molecular weight is 336 g/mol. The lowest BCUT2D eigenvalue weighted by Gasteiger charge is -2.10. The summed E-state index contributed by atoms with van der Waals surface area (Å²) in [6.07, 6.45) is 6.21. The number of azo groups is 1. The third kappa shape index (κ3) is 4.14. The molecule has 1 aromatic carbocycles. The Morgan fingerprint density at radius 2 is 1.92 bits per heavy atom. The summed E-state index contributed by atoms with van der Waals surface area (Å²) in [6, 6.07) is 9.88. The van der Waals surface area contributed by atoms with Crippen molar-refractivity contribution in [3.05, 3.63) is 66.9 Å². The molecule has 0 fully saturated rings. The van der Waals surface area contributed by atoms with Gasteiger partial charge in [-0.1, -0.05) is 0 Å². The van der Waals surface area contributed by atoms with Gasteiger partial charge in [0.1, 0.15) is 0 Å². The Labute approximate surface area is 144 Å². The molecule has 0 spiro atoms. The lowest BCUT2D eigenvalue weighted by molar-refractivity contribution is -0.144. The molecule has 0 amide bonds. The first kappa shape index (κ1) is 16.5. The number of oxazole rings is 1. The number of hydrogen-bond acceptors (Lipinski definition) is 7. The summed E-state index contributed by atoms with van der Waals surface area (Å²) in [5, 5.41) is 8.33. The highest BCUT2D eigenvalue weighted by Crippen LogP contribution is 2.25. The molecule has 2 heterocycles. The predicted molar refractivity (Wildman–Crippen MR) is 90.1 cm³/mol. The molecule has 3 aromatic rings. The second kappa shape index (κ2) is 7.96. The average Bonchev–Trinajstić information content (AvgIpc) is 3.18. The van der Waals surface area contributed by atoms with Gasteiger partial charge in [0.2, 0.25) is 0 Å². The van der Waals surface area contributed by atoms with Gasteiger partial charge in [-0.05, 0) is 48.9 Å². The number of esters is 1. The number of nitrogens with zero attached hydrogens (tertiary/aromatic N) is 4. The van der Waals surface area contributed by atoms with Gasteiger partial charge in [-0.25, -0.2) is 9.78 Å². The van der Waals surface area contributed by atoms with E-state index in [4.69, 9.17) is 9.15 Å². The van der Waals surface area contributed by atoms with E-state index in [-0.39, 0.29) is 6.61 Å². The van der Waals surface area contributed by atoms with Gasteiger partial charge in [-0.15, -0.1) is 0 Å². The lowest BCUT2D eigenvalue weighted by Crippen LogP contribution is -2.13. The van der Waals surface area contributed by atoms with Gasteiger partial charge in [0.05, 0.1) is 18.5 Å². The van der Waals surface area contributed by atoms with E-state index < -0.39 is 12.0 Å². The van der Waals surface area contributed by atoms with Crippen molar-refractivity contribution < 1.29 is 13.9 Å². The molecule has 126 valence electrons. The molecule has 0 aliphatic carbocycles. The van der Waals surface area contributed by atoms with Gasteiger partial charge in [0.25, 0.3) is 0 Å². The minimum absolute atomic E-state index is 0.280. The molecule has 3 rings (SSSR count). The summed E-state index contributed by atoms with van der Waals surface area (Å²) in [4.78, 5) is 20.0. The van der Waals surface area contributed by atoms with E-state index in [9.17, 15) is 4.79 Å². The van der Waals surface area contributed by atoms with Crippen LogP contribution in [0.4, 0.5) is 5.69 Å². The Morgan fingerprint density at radius 3 is 2.56 bits per heavy atom. The van der Waals surface area contributed by atoms with E-state index in [1.54, 1.807) is 49.8 Å². The fourth-order valence-corrected chi connectivity index (χ4v) is 2.19. The third-order valence-electron chi connectivity index (χ3n) is 3.40. The Kier molecular flexibility index (Phi) is 5.26. The maximum atomic E-state index is 12.2. The van der Waals surface area contributed by atoms with Crippen LogP contribution in [0.2, 0.25) is 0 Å². The van der Waals surface area contributed by atoms with Crippen LogP contribution in [-0.4, -0.2) is 22.5 Å². The van der Waals surface area contributed by atoms with E-state index >= 15 is 0 Å². The number of hydrogen-bond donors (Lipinski definition) is 0. The number of rotatable bonds is 6. The van der Waals surface area contributed by atoms with Crippen LogP contribution < -0.4 is 0 Å². The summed E-state index contributed by atoms with van der Waals surface area (Å²) < 4.78 is 10.3. The van der Waals surface area contributed by atoms with Crippen molar-refractivity contribution in [1.82, 2.24) is 9.97 Å². The Bertz CT molecular complexity index is 831. The highest BCUT2D eigenvalue weighted by molar-refractivity contribution is 5.77. The highest BCUT2D eigenvalue weighted by atomic mass is 16.5. The molecule has 1 atom stereocenters. The van der Waals surface area contributed by atoms with E-state index in [1.165, 1.54) is 6.39 Å². The first-order chi connectivity index (χ1) is 12.3. The standard InChI is InChI=1S/C18H16N4O3/c1-2-24-18(23)17(14-7-9-19-10-8-14)22-21-15-5-3-13(4-6-15)16-11-20-12-25-16/h3-12,17H,2H2,1H3. The topological polar surface area (TPSA) is 89.9 Å². The summed E-state index contributed by atoms with van der Waals surface area (Å²) in [7, 11) is 0. The molecule has 1 unspecified atom stereocenters. The van der Waals surface area contributed by atoms with Crippen molar-refractivity contribution in [3.63, 3.8) is 0 Å². The van der Waals surface area contributed by atoms with Crippen LogP contribution in [0.3, 0.4) is 0 Å². The van der Waals surface area contributed by atoms with Gasteiger partial charge in [-0.3, -0.25) is 4.98 Å². The van der Waals surface area contributed by atoms with Crippen molar-refractivity contribution in [2.75, 3.05) is 6.61 Å². The summed E-state index contributed by atoms with van der Waals surface area (Å²) in [5.41, 5.74) is 2.18. The molecule has 0 bridgehead atoms. The molecule has 7 nitrogen and oxygen atoms in total. The number of pyridine rings is 1. The van der Waals surface area contributed by atoms with Crippen LogP contribution in [0.1, 0.15) is 18.5 Å². The van der Waals surface area contributed by atoms with Crippen LogP contribution in [0.15, 0.2) is 76.0 Å². The second-order valence-electron chi connectivity index (χ2n) is 5.06. The second-order valence-corrected chi connectivity index (χ2v) is 5.06. The number of carbonyl (C=O) groups excluding carboxylic acids is 1. The van der Waals surface area contributed by atoms with Crippen LogP contribution in [-0.2, 0) is 9.53 Å². The minimum Gasteiger partial charge on any atom is -0.464 e. The van der Waals surface area contributed by atoms with Crippen LogP contribution in [0.25, 0.3) is 11.3 Å². The molecule has 0 aliphatic heterocycles. The van der Waals surface area contributed by atoms with Crippen LogP contribution in [0.5, 0.6) is 0 Å². The quantitative estimate of drug-likeness (QED) is 0.499. The highest BCUT2D eigenvalue weighted by Gasteiger charge is 2.21. The van der Waals surface area contributed by atoms with Crippen molar-refractivity contribution >= 4 is 11.7 Å². The van der Waals surface area contributed by atoms with Gasteiger partial charge in [-0.2, -0.15) is 10.2 Å². The van der Waals surface area contributed by atoms with E-state index in [1.807, 2.05) is 12.1 Å². The lowest BCUT2D eigenvalue weighted by atomic mass is 10.1. The summed E-state index contributed by atoms with van der Waals surface area (Å²) in [6.45, 7) is 2.03. The minimum atomic E-state index is -0.822. The zero-order chi connectivity index (χ0) is 17.5. The zero-order valence-corrected chi connectivity index (χ0v) is 13.6. The third-order valence-corrected chi connectivity index (χ3v) is 3.40. The first-order valence-electron chi connectivity index (χ1n) is 7.74. The number of ether oxygens (including phenoxy) is 1. The Hall–Kier alpha value is -3.35. The molecule has 0 saturated carbocycles. The Morgan fingerprint density at radius 1 is 1.16 bits per heavy atom. The molecule has 0 saturated heterocycles. The fraction of sp³-hybridized carbons (Fsp3) is 0.167. The molecule has 25 heavy (non-hydrogen) atoms. The molecule has 7 heteroatoms. The predicted octanol–water partition coefficient (Wildman–Crippen LogP) is 4.12. The molecule has 0 N–H and O–H groups in total. The van der Waals surface area contributed by atoms with E-state index in [2.05, 4.69) is 20.2 Å². The largest absolute Gasteiger partial charge is 0.464 e. The molecular formula is C18H16N4O3. The Balaban J connectivity index is 1.80. The van der Waals surface area contributed by atoms with Crippen molar-refractivity contribution in [3.8, 4) is 11.3 Å². The molecule has 0 aliphatic rings. The number of benzene rings is 1. The molecular weight excluding hydrogens is 320 g/mol. The van der Waals surface area contributed by atoms with E-state index in [0.717, 1.165) is 5.56 Å². The maximum Gasteiger partial charge on any atom is 0.337 e. The smallest absolute Gasteiger partial charge is 0.337 e. The molecule has 0 radical (unpaired) electrons. The van der Waals surface area contributed by atoms with Crippen molar-refractivity contribution in [1.29, 1.82) is 0 Å². The van der Waals surface area contributed by atoms with E-state index in [0.29, 0.717) is 17.0 Å². The number of aromatic nitrogens is 2. The van der Waals surface area contributed by atoms with Gasteiger partial charge in [0, 0.05) is 18.0 Å². The normalized spacial score (nSPS) is 12.2. The summed E-state index contributed by atoms with van der Waals surface area (Å²) >= 11 is 0. The molecule has 2 aromatic heterocycles. The maximum absolute atomic E-state index is 12.2. The van der Waals surface area contributed by atoms with Gasteiger partial charge >= 0.3 is 5.97 Å². The van der Waals surface area contributed by atoms with Crippen LogP contribution >= 0.6 is 0 Å². The number of carbonyl (C=O) groups is 1. The van der Waals surface area contributed by atoms with Gasteiger partial charge < -0.3 is 9.15 Å². The van der Waals surface area contributed by atoms with Crippen molar-refractivity contribution in [2.24, 2.45) is 10.2 Å². The monoisotopic (exact) mass is 336 g/mol. The first-order valence-corrected chi connectivity index (χ1v) is 7.74.